The van der Waals surface area contributed by atoms with Gasteiger partial charge in [-0.1, -0.05) is 5.16 Å². The standard InChI is InChI=1S/C15H12N4O4S/c1-8-16-14(23-19-8)13-10(4-5-24-13)18-15(20)17-9-2-3-11-12(6-9)22-7-21-11/h2-6H,7H2,1H3,(H2,17,18,20). The minimum Gasteiger partial charge on any atom is -0.454 e. The van der Waals surface area contributed by atoms with E-state index >= 15 is 0 Å². The molecule has 0 aliphatic carbocycles. The molecule has 8 nitrogen and oxygen atoms in total. The van der Waals surface area contributed by atoms with E-state index in [1.54, 1.807) is 31.2 Å². The number of thiophene rings is 1. The van der Waals surface area contributed by atoms with Crippen molar-refractivity contribution in [2.45, 2.75) is 6.92 Å². The summed E-state index contributed by atoms with van der Waals surface area (Å²) in [6, 6.07) is 6.58. The molecule has 0 spiro atoms. The van der Waals surface area contributed by atoms with Crippen LogP contribution in [0.25, 0.3) is 10.8 Å². The first kappa shape index (κ1) is 14.5. The number of nitrogens with one attached hydrogen (secondary N) is 2. The van der Waals surface area contributed by atoms with Crippen molar-refractivity contribution in [1.82, 2.24) is 10.1 Å². The van der Waals surface area contributed by atoms with Crippen LogP contribution in [0.1, 0.15) is 5.82 Å². The number of hydrogen-bond donors (Lipinski definition) is 2. The highest BCUT2D eigenvalue weighted by atomic mass is 32.1. The Morgan fingerprint density at radius 2 is 2.08 bits per heavy atom. The van der Waals surface area contributed by atoms with Crippen molar-refractivity contribution in [1.29, 1.82) is 0 Å². The lowest BCUT2D eigenvalue weighted by molar-refractivity contribution is 0.174. The molecule has 1 aliphatic heterocycles. The van der Waals surface area contributed by atoms with Gasteiger partial charge in [0.25, 0.3) is 5.89 Å². The lowest BCUT2D eigenvalue weighted by Crippen LogP contribution is -2.19. The van der Waals surface area contributed by atoms with Crippen molar-refractivity contribution in [2.75, 3.05) is 17.4 Å². The van der Waals surface area contributed by atoms with Crippen molar-refractivity contribution >= 4 is 28.7 Å². The van der Waals surface area contributed by atoms with Gasteiger partial charge in [0.2, 0.25) is 6.79 Å². The van der Waals surface area contributed by atoms with Gasteiger partial charge in [0.05, 0.1) is 5.69 Å². The second kappa shape index (κ2) is 5.85. The van der Waals surface area contributed by atoms with E-state index in [9.17, 15) is 4.79 Å². The van der Waals surface area contributed by atoms with Crippen molar-refractivity contribution in [2.24, 2.45) is 0 Å². The summed E-state index contributed by atoms with van der Waals surface area (Å²) < 4.78 is 15.7. The van der Waals surface area contributed by atoms with Gasteiger partial charge in [-0.3, -0.25) is 0 Å². The predicted octanol–water partition coefficient (Wildman–Crippen LogP) is 3.48. The monoisotopic (exact) mass is 344 g/mol. The zero-order valence-electron chi connectivity index (χ0n) is 12.5. The van der Waals surface area contributed by atoms with Crippen LogP contribution >= 0.6 is 11.3 Å². The van der Waals surface area contributed by atoms with Crippen LogP contribution in [0.4, 0.5) is 16.2 Å². The largest absolute Gasteiger partial charge is 0.454 e. The Morgan fingerprint density at radius 1 is 1.21 bits per heavy atom. The Hall–Kier alpha value is -3.07. The summed E-state index contributed by atoms with van der Waals surface area (Å²) in [4.78, 5) is 17.1. The molecule has 0 saturated carbocycles. The van der Waals surface area contributed by atoms with Gasteiger partial charge >= 0.3 is 6.03 Å². The number of aryl methyl sites for hydroxylation is 1. The lowest BCUT2D eigenvalue weighted by Gasteiger charge is -2.08. The van der Waals surface area contributed by atoms with Gasteiger partial charge in [0.15, 0.2) is 17.3 Å². The molecule has 1 aliphatic rings. The number of fused-ring (bicyclic) bond motifs is 1. The Bertz CT molecular complexity index is 905. The second-order valence-electron chi connectivity index (χ2n) is 4.96. The Morgan fingerprint density at radius 3 is 2.92 bits per heavy atom. The van der Waals surface area contributed by atoms with E-state index in [0.29, 0.717) is 39.5 Å². The number of ether oxygens (including phenoxy) is 2. The van der Waals surface area contributed by atoms with E-state index in [1.165, 1.54) is 11.3 Å². The number of rotatable bonds is 3. The van der Waals surface area contributed by atoms with Crippen LogP contribution in [0, 0.1) is 6.92 Å². The SMILES string of the molecule is Cc1noc(-c2sccc2NC(=O)Nc2ccc3c(c2)OCO3)n1. The van der Waals surface area contributed by atoms with Gasteiger partial charge < -0.3 is 24.6 Å². The molecule has 3 aromatic rings. The maximum absolute atomic E-state index is 12.2. The molecule has 3 heterocycles. The van der Waals surface area contributed by atoms with Gasteiger partial charge in [-0.05, 0) is 30.5 Å². The van der Waals surface area contributed by atoms with Gasteiger partial charge in [-0.25, -0.2) is 4.79 Å². The number of benzene rings is 1. The third-order valence-electron chi connectivity index (χ3n) is 3.27. The lowest BCUT2D eigenvalue weighted by atomic mass is 10.3. The molecule has 0 bridgehead atoms. The summed E-state index contributed by atoms with van der Waals surface area (Å²) in [5, 5.41) is 11.1. The normalized spacial score (nSPS) is 12.2. The average Bonchev–Trinajstić information content (AvgIpc) is 3.27. The number of nitrogens with zero attached hydrogens (tertiary/aromatic N) is 2. The zero-order chi connectivity index (χ0) is 16.5. The van der Waals surface area contributed by atoms with E-state index in [0.717, 1.165) is 0 Å². The number of amides is 2. The highest BCUT2D eigenvalue weighted by Crippen LogP contribution is 2.35. The molecule has 4 rings (SSSR count). The highest BCUT2D eigenvalue weighted by molar-refractivity contribution is 7.14. The van der Waals surface area contributed by atoms with Crippen LogP contribution in [-0.4, -0.2) is 23.0 Å². The Kier molecular flexibility index (Phi) is 3.54. The van der Waals surface area contributed by atoms with Crippen LogP contribution < -0.4 is 20.1 Å². The minimum atomic E-state index is -0.384. The third-order valence-corrected chi connectivity index (χ3v) is 4.17. The maximum atomic E-state index is 12.2. The summed E-state index contributed by atoms with van der Waals surface area (Å²) in [6.07, 6.45) is 0. The van der Waals surface area contributed by atoms with E-state index in [2.05, 4.69) is 20.8 Å². The fraction of sp³-hybridized carbons (Fsp3) is 0.133. The molecule has 2 amide bonds. The molecule has 122 valence electrons. The number of urea groups is 1. The van der Waals surface area contributed by atoms with Crippen LogP contribution in [0.15, 0.2) is 34.2 Å². The highest BCUT2D eigenvalue weighted by Gasteiger charge is 2.17. The van der Waals surface area contributed by atoms with Crippen LogP contribution in [0.2, 0.25) is 0 Å². The molecule has 1 aromatic carbocycles. The average molecular weight is 344 g/mol. The summed E-state index contributed by atoms with van der Waals surface area (Å²) in [5.74, 6) is 2.17. The summed E-state index contributed by atoms with van der Waals surface area (Å²) in [6.45, 7) is 1.92. The van der Waals surface area contributed by atoms with Crippen LogP contribution in [0.5, 0.6) is 11.5 Å². The topological polar surface area (TPSA) is 98.5 Å². The molecular formula is C15H12N4O4S. The first-order chi connectivity index (χ1) is 11.7. The van der Waals surface area contributed by atoms with Gasteiger partial charge in [0.1, 0.15) is 4.88 Å². The number of aromatic nitrogens is 2. The van der Waals surface area contributed by atoms with Crippen molar-refractivity contribution < 1.29 is 18.8 Å². The predicted molar refractivity (Wildman–Crippen MR) is 87.6 cm³/mol. The van der Waals surface area contributed by atoms with Crippen LogP contribution in [0.3, 0.4) is 0 Å². The Balaban J connectivity index is 1.48. The summed E-state index contributed by atoms with van der Waals surface area (Å²) >= 11 is 1.41. The van der Waals surface area contributed by atoms with E-state index < -0.39 is 0 Å². The van der Waals surface area contributed by atoms with Crippen molar-refractivity contribution in [3.8, 4) is 22.3 Å². The number of carbonyl (C=O) groups excluding carboxylic acids is 1. The zero-order valence-corrected chi connectivity index (χ0v) is 13.3. The molecule has 0 radical (unpaired) electrons. The van der Waals surface area contributed by atoms with Gasteiger partial charge in [-0.2, -0.15) is 4.98 Å². The van der Waals surface area contributed by atoms with Gasteiger partial charge in [-0.15, -0.1) is 11.3 Å². The van der Waals surface area contributed by atoms with E-state index in [1.807, 2.05) is 5.38 Å². The third kappa shape index (κ3) is 2.76. The number of carbonyl (C=O) groups is 1. The molecule has 0 saturated heterocycles. The fourth-order valence-electron chi connectivity index (χ4n) is 2.22. The minimum absolute atomic E-state index is 0.187. The summed E-state index contributed by atoms with van der Waals surface area (Å²) in [5.41, 5.74) is 1.20. The molecule has 0 fully saturated rings. The first-order valence-corrected chi connectivity index (χ1v) is 7.93. The number of anilines is 2. The summed E-state index contributed by atoms with van der Waals surface area (Å²) in [7, 11) is 0. The molecule has 0 unspecified atom stereocenters. The molecule has 0 atom stereocenters. The molecule has 9 heteroatoms. The van der Waals surface area contributed by atoms with Crippen LogP contribution in [-0.2, 0) is 0 Å². The molecule has 2 aromatic heterocycles. The maximum Gasteiger partial charge on any atom is 0.323 e. The molecule has 2 N–H and O–H groups in total. The van der Waals surface area contributed by atoms with Crippen molar-refractivity contribution in [3.05, 3.63) is 35.5 Å². The smallest absolute Gasteiger partial charge is 0.323 e. The molecular weight excluding hydrogens is 332 g/mol. The fourth-order valence-corrected chi connectivity index (χ4v) is 2.99. The molecule has 24 heavy (non-hydrogen) atoms. The van der Waals surface area contributed by atoms with E-state index in [4.69, 9.17) is 14.0 Å². The van der Waals surface area contributed by atoms with E-state index in [-0.39, 0.29) is 12.8 Å². The quantitative estimate of drug-likeness (QED) is 0.755. The van der Waals surface area contributed by atoms with Gasteiger partial charge in [0, 0.05) is 11.8 Å². The first-order valence-electron chi connectivity index (χ1n) is 7.05. The Labute approximate surface area is 140 Å². The van der Waals surface area contributed by atoms with Crippen molar-refractivity contribution in [3.63, 3.8) is 0 Å². The number of hydrogen-bond acceptors (Lipinski definition) is 7. The second-order valence-corrected chi connectivity index (χ2v) is 5.87.